The number of hydrogen-bond acceptors (Lipinski definition) is 4. The van der Waals surface area contributed by atoms with Crippen molar-refractivity contribution in [3.63, 3.8) is 0 Å². The Kier molecular flexibility index (Phi) is 3.27. The van der Waals surface area contributed by atoms with Crippen molar-refractivity contribution in [2.45, 2.75) is 6.42 Å². The minimum Gasteiger partial charge on any atom is -0.481 e. The SMILES string of the molecule is O=C(O)Cc1ccccc1N1CC(=O)NC(=O)C1. The molecule has 0 atom stereocenters. The van der Waals surface area contributed by atoms with Crippen molar-refractivity contribution < 1.29 is 19.5 Å². The van der Waals surface area contributed by atoms with Gasteiger partial charge in [0.1, 0.15) is 0 Å². The van der Waals surface area contributed by atoms with Gasteiger partial charge in [-0.3, -0.25) is 19.7 Å². The third kappa shape index (κ3) is 2.65. The zero-order valence-electron chi connectivity index (χ0n) is 9.55. The number of carboxylic acids is 1. The molecule has 1 aliphatic rings. The van der Waals surface area contributed by atoms with E-state index in [0.717, 1.165) is 0 Å². The fourth-order valence-electron chi connectivity index (χ4n) is 1.94. The summed E-state index contributed by atoms with van der Waals surface area (Å²) in [5.74, 6) is -1.71. The van der Waals surface area contributed by atoms with Gasteiger partial charge in [-0.15, -0.1) is 0 Å². The van der Waals surface area contributed by atoms with Crippen LogP contribution in [0, 0.1) is 0 Å². The second-order valence-corrected chi connectivity index (χ2v) is 4.03. The molecular weight excluding hydrogens is 236 g/mol. The Morgan fingerprint density at radius 1 is 1.22 bits per heavy atom. The van der Waals surface area contributed by atoms with E-state index in [1.165, 1.54) is 0 Å². The minimum atomic E-state index is -0.949. The number of hydrogen-bond donors (Lipinski definition) is 2. The quantitative estimate of drug-likeness (QED) is 0.722. The molecule has 0 radical (unpaired) electrons. The van der Waals surface area contributed by atoms with Gasteiger partial charge in [-0.05, 0) is 11.6 Å². The van der Waals surface area contributed by atoms with Gasteiger partial charge in [0, 0.05) is 5.69 Å². The fourth-order valence-corrected chi connectivity index (χ4v) is 1.94. The van der Waals surface area contributed by atoms with Gasteiger partial charge in [0.25, 0.3) is 0 Å². The zero-order valence-corrected chi connectivity index (χ0v) is 9.55. The van der Waals surface area contributed by atoms with E-state index in [9.17, 15) is 14.4 Å². The van der Waals surface area contributed by atoms with Crippen molar-refractivity contribution in [3.8, 4) is 0 Å². The summed E-state index contributed by atoms with van der Waals surface area (Å²) in [6.45, 7) is 0.116. The van der Waals surface area contributed by atoms with Crippen LogP contribution in [0.2, 0.25) is 0 Å². The Morgan fingerprint density at radius 2 is 1.83 bits per heavy atom. The lowest BCUT2D eigenvalue weighted by atomic mass is 10.1. The first-order valence-corrected chi connectivity index (χ1v) is 5.43. The number of nitrogens with one attached hydrogen (secondary N) is 1. The Bertz CT molecular complexity index is 497. The van der Waals surface area contributed by atoms with Gasteiger partial charge in [-0.25, -0.2) is 0 Å². The highest BCUT2D eigenvalue weighted by Gasteiger charge is 2.24. The molecule has 6 nitrogen and oxygen atoms in total. The first kappa shape index (κ1) is 12.1. The molecule has 1 fully saturated rings. The van der Waals surface area contributed by atoms with E-state index in [0.29, 0.717) is 11.3 Å². The molecular formula is C12H12N2O4. The first-order valence-electron chi connectivity index (χ1n) is 5.43. The van der Waals surface area contributed by atoms with Crippen LogP contribution in [-0.2, 0) is 20.8 Å². The van der Waals surface area contributed by atoms with Gasteiger partial charge >= 0.3 is 5.97 Å². The first-order chi connectivity index (χ1) is 8.56. The van der Waals surface area contributed by atoms with Crippen LogP contribution in [0.5, 0.6) is 0 Å². The summed E-state index contributed by atoms with van der Waals surface area (Å²) < 4.78 is 0. The lowest BCUT2D eigenvalue weighted by Gasteiger charge is -2.28. The molecule has 0 bridgehead atoms. The van der Waals surface area contributed by atoms with E-state index >= 15 is 0 Å². The molecule has 0 saturated carbocycles. The Labute approximate surface area is 103 Å². The minimum absolute atomic E-state index is 0.0579. The average Bonchev–Trinajstić information content (AvgIpc) is 2.27. The van der Waals surface area contributed by atoms with Crippen LogP contribution in [0.15, 0.2) is 24.3 Å². The van der Waals surface area contributed by atoms with Crippen molar-refractivity contribution in [2.75, 3.05) is 18.0 Å². The molecule has 1 aromatic carbocycles. The highest BCUT2D eigenvalue weighted by atomic mass is 16.4. The predicted octanol–water partition coefficient (Wildman–Crippen LogP) is -0.223. The number of amides is 2. The van der Waals surface area contributed by atoms with Crippen LogP contribution in [0.4, 0.5) is 5.69 Å². The maximum atomic E-state index is 11.3. The van der Waals surface area contributed by atoms with Crippen molar-refractivity contribution in [3.05, 3.63) is 29.8 Å². The van der Waals surface area contributed by atoms with E-state index in [1.54, 1.807) is 29.2 Å². The standard InChI is InChI=1S/C12H12N2O4/c15-10-6-14(7-11(16)13-10)9-4-2-1-3-8(9)5-12(17)18/h1-4H,5-7H2,(H,17,18)(H,13,15,16). The second kappa shape index (κ2) is 4.87. The molecule has 0 aliphatic carbocycles. The third-order valence-corrected chi connectivity index (χ3v) is 2.62. The summed E-state index contributed by atoms with van der Waals surface area (Å²) >= 11 is 0. The van der Waals surface area contributed by atoms with Gasteiger partial charge in [-0.2, -0.15) is 0 Å². The van der Waals surface area contributed by atoms with Crippen molar-refractivity contribution in [2.24, 2.45) is 0 Å². The summed E-state index contributed by atoms with van der Waals surface area (Å²) in [4.78, 5) is 35.0. The Balaban J connectivity index is 2.29. The van der Waals surface area contributed by atoms with Gasteiger partial charge in [-0.1, -0.05) is 18.2 Å². The number of para-hydroxylation sites is 1. The number of imide groups is 1. The maximum absolute atomic E-state index is 11.3. The van der Waals surface area contributed by atoms with Crippen LogP contribution in [0.1, 0.15) is 5.56 Å². The van der Waals surface area contributed by atoms with Crippen molar-refractivity contribution >= 4 is 23.5 Å². The normalized spacial score (nSPS) is 15.4. The van der Waals surface area contributed by atoms with Gasteiger partial charge in [0.05, 0.1) is 19.5 Å². The number of nitrogens with zero attached hydrogens (tertiary/aromatic N) is 1. The second-order valence-electron chi connectivity index (χ2n) is 4.03. The Hall–Kier alpha value is -2.37. The molecule has 6 heteroatoms. The molecule has 1 saturated heterocycles. The molecule has 1 heterocycles. The molecule has 2 amide bonds. The van der Waals surface area contributed by atoms with E-state index in [2.05, 4.69) is 5.32 Å². The third-order valence-electron chi connectivity index (χ3n) is 2.62. The van der Waals surface area contributed by atoms with E-state index in [1.807, 2.05) is 0 Å². The number of benzene rings is 1. The lowest BCUT2D eigenvalue weighted by molar-refractivity contribution is -0.136. The lowest BCUT2D eigenvalue weighted by Crippen LogP contribution is -2.51. The number of carbonyl (C=O) groups is 3. The molecule has 0 aromatic heterocycles. The number of carboxylic acid groups (broad SMARTS) is 1. The van der Waals surface area contributed by atoms with E-state index in [4.69, 9.17) is 5.11 Å². The topological polar surface area (TPSA) is 86.7 Å². The van der Waals surface area contributed by atoms with Crippen molar-refractivity contribution in [1.29, 1.82) is 0 Å². The summed E-state index contributed by atoms with van der Waals surface area (Å²) in [5.41, 5.74) is 1.20. The predicted molar refractivity (Wildman–Crippen MR) is 63.1 cm³/mol. The molecule has 0 spiro atoms. The smallest absolute Gasteiger partial charge is 0.307 e. The van der Waals surface area contributed by atoms with Gasteiger partial charge < -0.3 is 10.0 Å². The molecule has 0 unspecified atom stereocenters. The van der Waals surface area contributed by atoms with Gasteiger partial charge in [0.15, 0.2) is 0 Å². The van der Waals surface area contributed by atoms with Crippen LogP contribution >= 0.6 is 0 Å². The van der Waals surface area contributed by atoms with E-state index < -0.39 is 5.97 Å². The van der Waals surface area contributed by atoms with Crippen LogP contribution in [0.3, 0.4) is 0 Å². The number of aliphatic carboxylic acids is 1. The van der Waals surface area contributed by atoms with E-state index in [-0.39, 0.29) is 31.3 Å². The fraction of sp³-hybridized carbons (Fsp3) is 0.250. The van der Waals surface area contributed by atoms with Crippen LogP contribution < -0.4 is 10.2 Å². The highest BCUT2D eigenvalue weighted by Crippen LogP contribution is 2.21. The monoisotopic (exact) mass is 248 g/mol. The Morgan fingerprint density at radius 3 is 2.44 bits per heavy atom. The van der Waals surface area contributed by atoms with Crippen LogP contribution in [-0.4, -0.2) is 36.0 Å². The summed E-state index contributed by atoms with van der Waals surface area (Å²) in [6, 6.07) is 6.87. The number of carbonyl (C=O) groups excluding carboxylic acids is 2. The summed E-state index contributed by atoms with van der Waals surface area (Å²) in [5, 5.41) is 11.0. The zero-order chi connectivity index (χ0) is 13.1. The molecule has 1 aromatic rings. The average molecular weight is 248 g/mol. The van der Waals surface area contributed by atoms with Gasteiger partial charge in [0.2, 0.25) is 11.8 Å². The molecule has 2 N–H and O–H groups in total. The summed E-state index contributed by atoms with van der Waals surface area (Å²) in [7, 11) is 0. The molecule has 94 valence electrons. The number of anilines is 1. The largest absolute Gasteiger partial charge is 0.481 e. The highest BCUT2D eigenvalue weighted by molar-refractivity contribution is 6.02. The maximum Gasteiger partial charge on any atom is 0.307 e. The number of piperazine rings is 1. The molecule has 1 aliphatic heterocycles. The summed E-state index contributed by atoms with van der Waals surface area (Å²) in [6.07, 6.45) is -0.136. The molecule has 2 rings (SSSR count). The molecule has 18 heavy (non-hydrogen) atoms. The number of rotatable bonds is 3. The van der Waals surface area contributed by atoms with Crippen molar-refractivity contribution in [1.82, 2.24) is 5.32 Å². The van der Waals surface area contributed by atoms with Crippen LogP contribution in [0.25, 0.3) is 0 Å².